The van der Waals surface area contributed by atoms with E-state index < -0.39 is 6.36 Å². The number of hydrogen-bond donors (Lipinski definition) is 1. The van der Waals surface area contributed by atoms with Crippen molar-refractivity contribution in [2.75, 3.05) is 31.1 Å². The minimum Gasteiger partial charge on any atom is -0.406 e. The number of nitrogens with zero attached hydrogens (tertiary/aromatic N) is 3. The van der Waals surface area contributed by atoms with Crippen LogP contribution in [-0.4, -0.2) is 42.7 Å². The number of aromatic nitrogens is 2. The van der Waals surface area contributed by atoms with Gasteiger partial charge in [0.1, 0.15) is 5.75 Å². The smallest absolute Gasteiger partial charge is 0.406 e. The van der Waals surface area contributed by atoms with Crippen LogP contribution in [0.5, 0.6) is 5.75 Å². The number of anilines is 1. The number of piperazine rings is 1. The van der Waals surface area contributed by atoms with Crippen molar-refractivity contribution < 1.29 is 22.4 Å². The summed E-state index contributed by atoms with van der Waals surface area (Å²) in [5, 5.41) is 7.07. The van der Waals surface area contributed by atoms with Crippen LogP contribution in [-0.2, 0) is 0 Å². The molecule has 1 fully saturated rings. The molecule has 9 heteroatoms. The van der Waals surface area contributed by atoms with Crippen LogP contribution in [0.4, 0.5) is 19.2 Å². The number of halogens is 3. The van der Waals surface area contributed by atoms with Crippen molar-refractivity contribution in [3.63, 3.8) is 0 Å². The predicted octanol–water partition coefficient (Wildman–Crippen LogP) is 2.04. The van der Waals surface area contributed by atoms with E-state index in [-0.39, 0.29) is 5.75 Å². The molecule has 1 aliphatic heterocycles. The van der Waals surface area contributed by atoms with Crippen molar-refractivity contribution in [1.29, 1.82) is 0 Å². The predicted molar refractivity (Wildman–Crippen MR) is 71.5 cm³/mol. The molecular formula is C13H13F3N4O2. The largest absolute Gasteiger partial charge is 0.573 e. The van der Waals surface area contributed by atoms with Crippen LogP contribution < -0.4 is 15.0 Å². The van der Waals surface area contributed by atoms with E-state index in [1.54, 1.807) is 0 Å². The Hall–Kier alpha value is -2.29. The molecule has 0 radical (unpaired) electrons. The van der Waals surface area contributed by atoms with E-state index >= 15 is 0 Å². The lowest BCUT2D eigenvalue weighted by atomic mass is 10.2. The van der Waals surface area contributed by atoms with E-state index in [9.17, 15) is 13.2 Å². The molecule has 118 valence electrons. The van der Waals surface area contributed by atoms with Crippen molar-refractivity contribution in [3.8, 4) is 17.1 Å². The minimum atomic E-state index is -4.71. The normalized spacial score (nSPS) is 15.9. The van der Waals surface area contributed by atoms with E-state index in [4.69, 9.17) is 4.52 Å². The maximum atomic E-state index is 12.1. The molecule has 1 aliphatic rings. The average Bonchev–Trinajstić information content (AvgIpc) is 2.97. The molecule has 0 atom stereocenters. The monoisotopic (exact) mass is 314 g/mol. The standard InChI is InChI=1S/C13H13F3N4O2/c14-13(15,16)21-10-3-1-9(2-4-10)11-18-12(22-19-11)20-7-5-17-6-8-20/h1-4,17H,5-8H2. The Morgan fingerprint density at radius 1 is 1.14 bits per heavy atom. The van der Waals surface area contributed by atoms with Gasteiger partial charge in [-0.3, -0.25) is 0 Å². The highest BCUT2D eigenvalue weighted by Crippen LogP contribution is 2.26. The van der Waals surface area contributed by atoms with Gasteiger partial charge in [0.2, 0.25) is 5.82 Å². The van der Waals surface area contributed by atoms with Crippen molar-refractivity contribution in [2.24, 2.45) is 0 Å². The molecule has 1 saturated heterocycles. The van der Waals surface area contributed by atoms with Crippen LogP contribution in [0.15, 0.2) is 28.8 Å². The molecular weight excluding hydrogens is 301 g/mol. The van der Waals surface area contributed by atoms with Crippen molar-refractivity contribution in [2.45, 2.75) is 6.36 Å². The minimum absolute atomic E-state index is 0.290. The van der Waals surface area contributed by atoms with E-state index in [1.807, 2.05) is 4.90 Å². The van der Waals surface area contributed by atoms with Gasteiger partial charge in [-0.2, -0.15) is 4.98 Å². The molecule has 0 amide bonds. The fourth-order valence-electron chi connectivity index (χ4n) is 2.12. The summed E-state index contributed by atoms with van der Waals surface area (Å²) in [5.41, 5.74) is 0.555. The first-order valence-electron chi connectivity index (χ1n) is 6.67. The summed E-state index contributed by atoms with van der Waals surface area (Å²) in [6.07, 6.45) is -4.71. The zero-order chi connectivity index (χ0) is 15.6. The maximum absolute atomic E-state index is 12.1. The van der Waals surface area contributed by atoms with Crippen LogP contribution in [0.2, 0.25) is 0 Å². The lowest BCUT2D eigenvalue weighted by molar-refractivity contribution is -0.274. The van der Waals surface area contributed by atoms with Gasteiger partial charge >= 0.3 is 12.4 Å². The molecule has 2 aromatic rings. The Morgan fingerprint density at radius 3 is 2.45 bits per heavy atom. The first-order valence-corrected chi connectivity index (χ1v) is 6.67. The first-order chi connectivity index (χ1) is 10.5. The maximum Gasteiger partial charge on any atom is 0.573 e. The van der Waals surface area contributed by atoms with E-state index in [0.29, 0.717) is 17.4 Å². The zero-order valence-electron chi connectivity index (χ0n) is 11.4. The molecule has 0 unspecified atom stereocenters. The van der Waals surface area contributed by atoms with Gasteiger partial charge in [0, 0.05) is 31.7 Å². The highest BCUT2D eigenvalue weighted by Gasteiger charge is 2.31. The summed E-state index contributed by atoms with van der Waals surface area (Å²) in [6.45, 7) is 3.20. The summed E-state index contributed by atoms with van der Waals surface area (Å²) >= 11 is 0. The molecule has 0 aliphatic carbocycles. The summed E-state index contributed by atoms with van der Waals surface area (Å²) < 4.78 is 45.3. The molecule has 2 heterocycles. The van der Waals surface area contributed by atoms with Crippen LogP contribution in [0.25, 0.3) is 11.4 Å². The van der Waals surface area contributed by atoms with Crippen molar-refractivity contribution in [1.82, 2.24) is 15.5 Å². The highest BCUT2D eigenvalue weighted by molar-refractivity contribution is 5.57. The topological polar surface area (TPSA) is 63.4 Å². The number of rotatable bonds is 3. The Labute approximate surface area is 123 Å². The second-order valence-corrected chi connectivity index (χ2v) is 4.71. The third-order valence-electron chi connectivity index (χ3n) is 3.15. The van der Waals surface area contributed by atoms with E-state index in [1.165, 1.54) is 24.3 Å². The second kappa shape index (κ2) is 5.84. The van der Waals surface area contributed by atoms with Gasteiger partial charge in [-0.25, -0.2) is 0 Å². The molecule has 0 bridgehead atoms. The quantitative estimate of drug-likeness (QED) is 0.935. The molecule has 1 aromatic carbocycles. The number of benzene rings is 1. The Balaban J connectivity index is 1.73. The molecule has 1 aromatic heterocycles. The molecule has 0 spiro atoms. The Bertz CT molecular complexity index is 621. The second-order valence-electron chi connectivity index (χ2n) is 4.71. The number of ether oxygens (including phenoxy) is 1. The Kier molecular flexibility index (Phi) is 3.88. The van der Waals surface area contributed by atoms with E-state index in [0.717, 1.165) is 26.2 Å². The molecule has 1 N–H and O–H groups in total. The molecule has 6 nitrogen and oxygen atoms in total. The van der Waals surface area contributed by atoms with Crippen LogP contribution in [0.3, 0.4) is 0 Å². The first kappa shape index (κ1) is 14.6. The number of nitrogens with one attached hydrogen (secondary N) is 1. The van der Waals surface area contributed by atoms with Gasteiger partial charge in [-0.05, 0) is 24.3 Å². The zero-order valence-corrected chi connectivity index (χ0v) is 11.4. The van der Waals surface area contributed by atoms with Crippen LogP contribution >= 0.6 is 0 Å². The average molecular weight is 314 g/mol. The third kappa shape index (κ3) is 3.48. The lowest BCUT2D eigenvalue weighted by Crippen LogP contribution is -2.43. The summed E-state index contributed by atoms with van der Waals surface area (Å²) in [6, 6.07) is 5.74. The Morgan fingerprint density at radius 2 is 1.82 bits per heavy atom. The summed E-state index contributed by atoms with van der Waals surface area (Å²) in [4.78, 5) is 6.22. The van der Waals surface area contributed by atoms with Gasteiger partial charge in [0.25, 0.3) is 0 Å². The van der Waals surface area contributed by atoms with Crippen LogP contribution in [0, 0.1) is 0 Å². The fourth-order valence-corrected chi connectivity index (χ4v) is 2.12. The molecule has 0 saturated carbocycles. The van der Waals surface area contributed by atoms with Crippen LogP contribution in [0.1, 0.15) is 0 Å². The lowest BCUT2D eigenvalue weighted by Gasteiger charge is -2.24. The van der Waals surface area contributed by atoms with Gasteiger partial charge in [0.05, 0.1) is 0 Å². The number of hydrogen-bond acceptors (Lipinski definition) is 6. The highest BCUT2D eigenvalue weighted by atomic mass is 19.4. The number of alkyl halides is 3. The van der Waals surface area contributed by atoms with Crippen molar-refractivity contribution in [3.05, 3.63) is 24.3 Å². The van der Waals surface area contributed by atoms with Gasteiger partial charge in [-0.15, -0.1) is 13.2 Å². The SMILES string of the molecule is FC(F)(F)Oc1ccc(-c2noc(N3CCNCC3)n2)cc1. The molecule has 3 rings (SSSR count). The summed E-state index contributed by atoms with van der Waals surface area (Å²) in [7, 11) is 0. The van der Waals surface area contributed by atoms with Gasteiger partial charge in [0.15, 0.2) is 0 Å². The van der Waals surface area contributed by atoms with Crippen molar-refractivity contribution >= 4 is 6.01 Å². The van der Waals surface area contributed by atoms with Gasteiger partial charge in [-0.1, -0.05) is 5.16 Å². The van der Waals surface area contributed by atoms with E-state index in [2.05, 4.69) is 20.2 Å². The molecule has 22 heavy (non-hydrogen) atoms. The summed E-state index contributed by atoms with van der Waals surface area (Å²) in [5.74, 6) is 0.0363. The van der Waals surface area contributed by atoms with Gasteiger partial charge < -0.3 is 19.5 Å². The fraction of sp³-hybridized carbons (Fsp3) is 0.385. The third-order valence-corrected chi connectivity index (χ3v) is 3.15.